The average molecular weight is 422 g/mol. The molecule has 0 saturated carbocycles. The lowest BCUT2D eigenvalue weighted by Gasteiger charge is -2.12. The lowest BCUT2D eigenvalue weighted by molar-refractivity contribution is -0.138. The number of nitrogens with one attached hydrogen (secondary N) is 1. The fourth-order valence-corrected chi connectivity index (χ4v) is 3.13. The molecule has 0 amide bonds. The first-order chi connectivity index (χ1) is 11.4. The Kier molecular flexibility index (Phi) is 5.00. The van der Waals surface area contributed by atoms with Gasteiger partial charge in [0.25, 0.3) is 0 Å². The first-order valence-corrected chi connectivity index (χ1v) is 7.43. The maximum atomic E-state index is 13.1. The van der Waals surface area contributed by atoms with Crippen LogP contribution in [0.3, 0.4) is 0 Å². The van der Waals surface area contributed by atoms with E-state index < -0.39 is 60.8 Å². The van der Waals surface area contributed by atoms with Gasteiger partial charge in [-0.25, -0.2) is 8.89 Å². The Morgan fingerprint density at radius 3 is 1.96 bits per heavy atom. The number of aromatic amines is 1. The minimum Gasteiger partial charge on any atom is -0.282 e. The highest BCUT2D eigenvalue weighted by molar-refractivity contribution is 7.56. The molecule has 0 aliphatic carbocycles. The fraction of sp³-hybridized carbons (Fsp3) is 0.167. The number of H-pyrrole nitrogens is 1. The van der Waals surface area contributed by atoms with Crippen LogP contribution in [0.15, 0.2) is 12.1 Å². The van der Waals surface area contributed by atoms with Crippen LogP contribution in [0.5, 0.6) is 0 Å². The number of nitriles is 1. The summed E-state index contributed by atoms with van der Waals surface area (Å²) in [5.41, 5.74) is -4.34. The molecular weight excluding hydrogens is 419 g/mol. The van der Waals surface area contributed by atoms with Crippen LogP contribution in [0, 0.1) is 16.0 Å². The van der Waals surface area contributed by atoms with Crippen LogP contribution in [0.4, 0.5) is 26.3 Å². The Morgan fingerprint density at radius 1 is 1.08 bits per heavy atom. The SMILES string of the molecule is N#Cc1[nH]n(-c2c(Cl)cc(C(F)(F)F)cc2Cl)c(=S=O)c1C(F)(F)F. The molecular formula is C12H3Cl2F6N3OS. The molecule has 0 aliphatic heterocycles. The number of hydrogen-bond donors (Lipinski definition) is 1. The van der Waals surface area contributed by atoms with Gasteiger partial charge in [-0.1, -0.05) is 23.2 Å². The standard InChI is InChI=1S/C12H3Cl2F6N3OS/c13-5-1-4(11(15,16)17)2-6(14)9(5)23-10(25-24)8(12(18,19)20)7(3-21)22-23/h1-2,22H. The van der Waals surface area contributed by atoms with Gasteiger partial charge in [-0.15, -0.1) is 0 Å². The first kappa shape index (κ1) is 19.4. The highest BCUT2D eigenvalue weighted by atomic mass is 35.5. The second-order valence-electron chi connectivity index (χ2n) is 4.48. The maximum Gasteiger partial charge on any atom is 0.422 e. The minimum atomic E-state index is -5.07. The molecule has 2 aromatic rings. The highest BCUT2D eigenvalue weighted by Crippen LogP contribution is 2.39. The van der Waals surface area contributed by atoms with Crippen LogP contribution >= 0.6 is 23.2 Å². The molecule has 2 rings (SSSR count). The Morgan fingerprint density at radius 2 is 1.60 bits per heavy atom. The van der Waals surface area contributed by atoms with E-state index in [1.54, 1.807) is 0 Å². The molecule has 0 saturated heterocycles. The first-order valence-electron chi connectivity index (χ1n) is 5.93. The van der Waals surface area contributed by atoms with Crippen molar-refractivity contribution < 1.29 is 30.6 Å². The van der Waals surface area contributed by atoms with E-state index in [-0.39, 0.29) is 0 Å². The van der Waals surface area contributed by atoms with Gasteiger partial charge in [-0.2, -0.15) is 31.6 Å². The monoisotopic (exact) mass is 421 g/mol. The second-order valence-corrected chi connectivity index (χ2v) is 5.85. The molecule has 0 fully saturated rings. The van der Waals surface area contributed by atoms with E-state index >= 15 is 0 Å². The summed E-state index contributed by atoms with van der Waals surface area (Å²) in [7, 11) is 0. The van der Waals surface area contributed by atoms with E-state index in [0.717, 1.165) is 0 Å². The summed E-state index contributed by atoms with van der Waals surface area (Å²) >= 11 is 10.8. The Bertz CT molecular complexity index is 956. The van der Waals surface area contributed by atoms with E-state index in [1.807, 2.05) is 5.10 Å². The van der Waals surface area contributed by atoms with Crippen molar-refractivity contribution in [2.45, 2.75) is 12.4 Å². The Balaban J connectivity index is 2.89. The normalized spacial score (nSPS) is 12.1. The molecule has 0 bridgehead atoms. The largest absolute Gasteiger partial charge is 0.422 e. The molecule has 134 valence electrons. The van der Waals surface area contributed by atoms with Crippen LogP contribution in [-0.4, -0.2) is 14.0 Å². The van der Waals surface area contributed by atoms with Gasteiger partial charge < -0.3 is 0 Å². The molecule has 1 heterocycles. The molecule has 25 heavy (non-hydrogen) atoms. The minimum absolute atomic E-state index is 0.434. The van der Waals surface area contributed by atoms with Crippen molar-refractivity contribution in [1.82, 2.24) is 9.78 Å². The Hall–Kier alpha value is -1.90. The molecule has 1 N–H and O–H groups in total. The van der Waals surface area contributed by atoms with E-state index in [1.165, 1.54) is 6.07 Å². The Labute approximate surface area is 148 Å². The summed E-state index contributed by atoms with van der Waals surface area (Å²) in [6.07, 6.45) is -9.86. The predicted octanol–water partition coefficient (Wildman–Crippen LogP) is 4.77. The van der Waals surface area contributed by atoms with Crippen molar-refractivity contribution in [3.05, 3.63) is 43.6 Å². The van der Waals surface area contributed by atoms with Crippen LogP contribution in [0.2, 0.25) is 10.0 Å². The van der Waals surface area contributed by atoms with Gasteiger partial charge in [0.1, 0.15) is 34.3 Å². The summed E-state index contributed by atoms with van der Waals surface area (Å²) in [5, 5.41) is 9.47. The van der Waals surface area contributed by atoms with Gasteiger partial charge in [0.2, 0.25) is 0 Å². The quantitative estimate of drug-likeness (QED) is 0.532. The number of benzene rings is 1. The molecule has 0 radical (unpaired) electrons. The number of nitrogens with zero attached hydrogens (tertiary/aromatic N) is 2. The average Bonchev–Trinajstić information content (AvgIpc) is 2.84. The number of halogens is 8. The summed E-state index contributed by atoms with van der Waals surface area (Å²) in [4.78, 5) is 0. The van der Waals surface area contributed by atoms with Crippen molar-refractivity contribution in [2.24, 2.45) is 0 Å². The molecule has 4 nitrogen and oxygen atoms in total. The van der Waals surface area contributed by atoms with Crippen molar-refractivity contribution in [1.29, 1.82) is 5.26 Å². The molecule has 0 atom stereocenters. The third-order valence-corrected chi connectivity index (χ3v) is 4.05. The summed E-state index contributed by atoms with van der Waals surface area (Å²) < 4.78 is 88.0. The number of hydrogen-bond acceptors (Lipinski definition) is 2. The molecule has 0 aliphatic rings. The maximum absolute atomic E-state index is 13.1. The number of rotatable bonds is 1. The zero-order chi connectivity index (χ0) is 19.2. The van der Waals surface area contributed by atoms with Gasteiger partial charge in [-0.3, -0.25) is 5.10 Å². The lowest BCUT2D eigenvalue weighted by Crippen LogP contribution is -2.09. The van der Waals surface area contributed by atoms with Gasteiger partial charge >= 0.3 is 12.4 Å². The van der Waals surface area contributed by atoms with E-state index in [0.29, 0.717) is 16.8 Å². The zero-order valence-corrected chi connectivity index (χ0v) is 13.7. The molecule has 13 heteroatoms. The van der Waals surface area contributed by atoms with Crippen LogP contribution in [0.25, 0.3) is 5.69 Å². The number of aromatic nitrogens is 2. The molecule has 0 unspecified atom stereocenters. The van der Waals surface area contributed by atoms with Gasteiger partial charge in [0.05, 0.1) is 15.6 Å². The van der Waals surface area contributed by atoms with E-state index in [4.69, 9.17) is 28.5 Å². The predicted molar refractivity (Wildman–Crippen MR) is 76.2 cm³/mol. The third-order valence-electron chi connectivity index (χ3n) is 2.93. The third kappa shape index (κ3) is 3.56. The van der Waals surface area contributed by atoms with Gasteiger partial charge in [0, 0.05) is 0 Å². The second kappa shape index (κ2) is 6.44. The van der Waals surface area contributed by atoms with Crippen molar-refractivity contribution in [2.75, 3.05) is 0 Å². The lowest BCUT2D eigenvalue weighted by atomic mass is 10.2. The van der Waals surface area contributed by atoms with Crippen LogP contribution < -0.4 is 0 Å². The van der Waals surface area contributed by atoms with Crippen molar-refractivity contribution in [3.63, 3.8) is 0 Å². The summed E-state index contributed by atoms with van der Waals surface area (Å²) in [5.74, 6) is 0. The van der Waals surface area contributed by atoms with Gasteiger partial charge in [0.15, 0.2) is 4.64 Å². The molecule has 1 aromatic carbocycles. The number of alkyl halides is 6. The molecule has 0 spiro atoms. The van der Waals surface area contributed by atoms with Crippen molar-refractivity contribution in [3.8, 4) is 11.8 Å². The molecule has 1 aromatic heterocycles. The zero-order valence-electron chi connectivity index (χ0n) is 11.4. The smallest absolute Gasteiger partial charge is 0.282 e. The van der Waals surface area contributed by atoms with E-state index in [9.17, 15) is 30.6 Å². The van der Waals surface area contributed by atoms with Crippen LogP contribution in [-0.2, 0) is 23.6 Å². The van der Waals surface area contributed by atoms with Crippen LogP contribution in [0.1, 0.15) is 16.8 Å². The van der Waals surface area contributed by atoms with Gasteiger partial charge in [-0.05, 0) is 12.1 Å². The summed E-state index contributed by atoms with van der Waals surface area (Å²) in [6.45, 7) is 0. The highest BCUT2D eigenvalue weighted by Gasteiger charge is 2.39. The topological polar surface area (TPSA) is 61.6 Å². The van der Waals surface area contributed by atoms with Crippen molar-refractivity contribution >= 4 is 34.5 Å². The van der Waals surface area contributed by atoms with E-state index in [2.05, 4.69) is 0 Å². The summed E-state index contributed by atoms with van der Waals surface area (Å²) in [6, 6.07) is 2.11. The fourth-order valence-electron chi connectivity index (χ4n) is 1.96.